The molecule has 0 spiro atoms. The summed E-state index contributed by atoms with van der Waals surface area (Å²) in [7, 11) is 0. The van der Waals surface area contributed by atoms with E-state index < -0.39 is 0 Å². The van der Waals surface area contributed by atoms with E-state index in [4.69, 9.17) is 0 Å². The van der Waals surface area contributed by atoms with Crippen LogP contribution in [0.3, 0.4) is 0 Å². The lowest BCUT2D eigenvalue weighted by Crippen LogP contribution is -1.97. The molecule has 3 nitrogen and oxygen atoms in total. The van der Waals surface area contributed by atoms with Crippen LogP contribution in [0.1, 0.15) is 0 Å². The van der Waals surface area contributed by atoms with Crippen molar-refractivity contribution in [3.05, 3.63) is 212 Å². The maximum atomic E-state index is 2.47. The third-order valence-electron chi connectivity index (χ3n) is 11.8. The number of aromatic nitrogens is 3. The highest BCUT2D eigenvalue weighted by molar-refractivity contribution is 6.19. The fourth-order valence-electron chi connectivity index (χ4n) is 9.28. The molecule has 0 radical (unpaired) electrons. The molecule has 9 aromatic carbocycles. The highest BCUT2D eigenvalue weighted by Crippen LogP contribution is 2.42. The van der Waals surface area contributed by atoms with Gasteiger partial charge in [-0.3, -0.25) is 0 Å². The van der Waals surface area contributed by atoms with Crippen LogP contribution in [0.15, 0.2) is 212 Å². The summed E-state index contributed by atoms with van der Waals surface area (Å²) in [6.45, 7) is 0. The summed E-state index contributed by atoms with van der Waals surface area (Å²) in [6.07, 6.45) is 0. The standard InChI is InChI=1S/C54H35N3/c1-4-16-36(17-5-1)38-30-39(37-18-6-2-7-19-37)32-42(31-38)57-51-27-15-12-24-45(51)48-34-53-47(35-54(48)57)44-23-11-14-26-50(44)56(53)41-28-29-52-46(33-41)43-22-10-13-25-49(43)55(52)40-20-8-3-9-21-40/h1-35H. The van der Waals surface area contributed by atoms with Crippen LogP contribution in [0.2, 0.25) is 0 Å². The average Bonchev–Trinajstić information content (AvgIpc) is 3.91. The van der Waals surface area contributed by atoms with Crippen molar-refractivity contribution < 1.29 is 0 Å². The quantitative estimate of drug-likeness (QED) is 0.168. The van der Waals surface area contributed by atoms with Gasteiger partial charge in [-0.1, -0.05) is 133 Å². The van der Waals surface area contributed by atoms with Gasteiger partial charge in [0.05, 0.1) is 33.1 Å². The Hall–Kier alpha value is -7.62. The Bertz CT molecular complexity index is 3440. The van der Waals surface area contributed by atoms with E-state index in [1.54, 1.807) is 0 Å². The Morgan fingerprint density at radius 3 is 1.09 bits per heavy atom. The molecular weight excluding hydrogens is 691 g/mol. The summed E-state index contributed by atoms with van der Waals surface area (Å²) in [4.78, 5) is 0. The van der Waals surface area contributed by atoms with Crippen LogP contribution < -0.4 is 0 Å². The minimum atomic E-state index is 1.14. The lowest BCUT2D eigenvalue weighted by atomic mass is 9.98. The van der Waals surface area contributed by atoms with Crippen molar-refractivity contribution in [3.63, 3.8) is 0 Å². The van der Waals surface area contributed by atoms with Gasteiger partial charge in [0.1, 0.15) is 0 Å². The minimum absolute atomic E-state index is 1.14. The van der Waals surface area contributed by atoms with Gasteiger partial charge >= 0.3 is 0 Å². The van der Waals surface area contributed by atoms with Crippen molar-refractivity contribution >= 4 is 65.4 Å². The maximum Gasteiger partial charge on any atom is 0.0548 e. The molecule has 0 aliphatic heterocycles. The highest BCUT2D eigenvalue weighted by atomic mass is 15.0. The van der Waals surface area contributed by atoms with Crippen LogP contribution >= 0.6 is 0 Å². The van der Waals surface area contributed by atoms with Gasteiger partial charge in [0, 0.05) is 49.4 Å². The van der Waals surface area contributed by atoms with E-state index in [0.29, 0.717) is 0 Å². The van der Waals surface area contributed by atoms with Crippen LogP contribution in [-0.2, 0) is 0 Å². The van der Waals surface area contributed by atoms with E-state index in [0.717, 1.165) is 17.1 Å². The summed E-state index contributed by atoms with van der Waals surface area (Å²) in [5.74, 6) is 0. The number of para-hydroxylation sites is 4. The largest absolute Gasteiger partial charge is 0.309 e. The van der Waals surface area contributed by atoms with Crippen molar-refractivity contribution in [1.29, 1.82) is 0 Å². The Labute approximate surface area is 329 Å². The number of fused-ring (bicyclic) bond motifs is 9. The molecule has 0 fully saturated rings. The molecule has 266 valence electrons. The number of nitrogens with zero attached hydrogens (tertiary/aromatic N) is 3. The molecule has 3 aromatic heterocycles. The van der Waals surface area contributed by atoms with Gasteiger partial charge in [-0.2, -0.15) is 0 Å². The van der Waals surface area contributed by atoms with Crippen molar-refractivity contribution in [2.75, 3.05) is 0 Å². The molecule has 0 amide bonds. The molecule has 0 N–H and O–H groups in total. The van der Waals surface area contributed by atoms with Crippen molar-refractivity contribution in [1.82, 2.24) is 13.7 Å². The molecule has 0 unspecified atom stereocenters. The highest BCUT2D eigenvalue weighted by Gasteiger charge is 2.20. The first kappa shape index (κ1) is 31.7. The second-order valence-corrected chi connectivity index (χ2v) is 15.0. The number of rotatable bonds is 5. The Morgan fingerprint density at radius 1 is 0.193 bits per heavy atom. The second kappa shape index (κ2) is 12.5. The van der Waals surface area contributed by atoms with Crippen LogP contribution in [0, 0.1) is 0 Å². The molecule has 0 saturated carbocycles. The first-order valence-electron chi connectivity index (χ1n) is 19.6. The van der Waals surface area contributed by atoms with Crippen LogP contribution in [0.5, 0.6) is 0 Å². The second-order valence-electron chi connectivity index (χ2n) is 15.0. The molecule has 0 saturated heterocycles. The maximum absolute atomic E-state index is 2.47. The molecule has 0 aliphatic carbocycles. The fraction of sp³-hybridized carbons (Fsp3) is 0. The molecule has 3 heteroatoms. The topological polar surface area (TPSA) is 14.8 Å². The van der Waals surface area contributed by atoms with E-state index in [2.05, 4.69) is 226 Å². The van der Waals surface area contributed by atoms with E-state index in [9.17, 15) is 0 Å². The van der Waals surface area contributed by atoms with Gasteiger partial charge in [0.25, 0.3) is 0 Å². The zero-order valence-corrected chi connectivity index (χ0v) is 31.0. The molecule has 0 aliphatic rings. The SMILES string of the molecule is c1ccc(-c2cc(-c3ccccc3)cc(-n3c4ccccc4c4cc5c(cc43)c3ccccc3n5-c3ccc4c(c3)c3ccccc3n4-c3ccccc3)c2)cc1. The molecule has 3 heterocycles. The van der Waals surface area contributed by atoms with Crippen molar-refractivity contribution in [2.45, 2.75) is 0 Å². The lowest BCUT2D eigenvalue weighted by molar-refractivity contribution is 1.16. The van der Waals surface area contributed by atoms with Crippen LogP contribution in [-0.4, -0.2) is 13.7 Å². The predicted molar refractivity (Wildman–Crippen MR) is 240 cm³/mol. The van der Waals surface area contributed by atoms with Crippen LogP contribution in [0.4, 0.5) is 0 Å². The van der Waals surface area contributed by atoms with Crippen molar-refractivity contribution in [2.24, 2.45) is 0 Å². The average molecular weight is 726 g/mol. The molecular formula is C54H35N3. The molecule has 12 aromatic rings. The van der Waals surface area contributed by atoms with E-state index in [-0.39, 0.29) is 0 Å². The van der Waals surface area contributed by atoms with Crippen molar-refractivity contribution in [3.8, 4) is 39.3 Å². The van der Waals surface area contributed by atoms with Gasteiger partial charge in [-0.05, 0) is 101 Å². The lowest BCUT2D eigenvalue weighted by Gasteiger charge is -2.14. The molecule has 0 atom stereocenters. The zero-order chi connectivity index (χ0) is 37.5. The van der Waals surface area contributed by atoms with Gasteiger partial charge in [0.15, 0.2) is 0 Å². The fourth-order valence-corrected chi connectivity index (χ4v) is 9.28. The first-order chi connectivity index (χ1) is 28.3. The summed E-state index contributed by atoms with van der Waals surface area (Å²) < 4.78 is 7.32. The predicted octanol–water partition coefficient (Wildman–Crippen LogP) is 14.3. The summed E-state index contributed by atoms with van der Waals surface area (Å²) in [6, 6.07) is 77.5. The summed E-state index contributed by atoms with van der Waals surface area (Å²) in [5, 5.41) is 7.42. The van der Waals surface area contributed by atoms with E-state index in [1.165, 1.54) is 87.7 Å². The smallest absolute Gasteiger partial charge is 0.0548 e. The van der Waals surface area contributed by atoms with Gasteiger partial charge < -0.3 is 13.7 Å². The molecule has 0 bridgehead atoms. The Morgan fingerprint density at radius 2 is 0.579 bits per heavy atom. The van der Waals surface area contributed by atoms with Gasteiger partial charge in [0.2, 0.25) is 0 Å². The normalized spacial score (nSPS) is 11.9. The van der Waals surface area contributed by atoms with Gasteiger partial charge in [-0.15, -0.1) is 0 Å². The monoisotopic (exact) mass is 725 g/mol. The van der Waals surface area contributed by atoms with E-state index in [1.807, 2.05) is 0 Å². The summed E-state index contributed by atoms with van der Waals surface area (Å²) in [5.41, 5.74) is 15.4. The first-order valence-corrected chi connectivity index (χ1v) is 19.6. The third kappa shape index (κ3) is 4.86. The van der Waals surface area contributed by atoms with E-state index >= 15 is 0 Å². The minimum Gasteiger partial charge on any atom is -0.309 e. The third-order valence-corrected chi connectivity index (χ3v) is 11.8. The number of hydrogen-bond donors (Lipinski definition) is 0. The Balaban J connectivity index is 1.14. The molecule has 12 rings (SSSR count). The number of hydrogen-bond acceptors (Lipinski definition) is 0. The molecule has 57 heavy (non-hydrogen) atoms. The summed E-state index contributed by atoms with van der Waals surface area (Å²) >= 11 is 0. The zero-order valence-electron chi connectivity index (χ0n) is 31.0. The number of benzene rings is 9. The van der Waals surface area contributed by atoms with Gasteiger partial charge in [-0.25, -0.2) is 0 Å². The Kier molecular flexibility index (Phi) is 6.93. The van der Waals surface area contributed by atoms with Crippen LogP contribution in [0.25, 0.3) is 105 Å².